The standard InChI is InChI=1S/C12H15N3O/c1-3-13-7-12-9(2)10(8-16)11-5-4-6-14-15(11)12/h4-6,8,13H,3,7H2,1-2H3. The molecule has 0 aromatic carbocycles. The Morgan fingerprint density at radius 2 is 2.38 bits per heavy atom. The van der Waals surface area contributed by atoms with Crippen molar-refractivity contribution in [2.45, 2.75) is 20.4 Å². The van der Waals surface area contributed by atoms with Crippen LogP contribution in [0.4, 0.5) is 0 Å². The molecule has 0 unspecified atom stereocenters. The molecule has 84 valence electrons. The Hall–Kier alpha value is -1.68. The minimum atomic E-state index is 0.731. The highest BCUT2D eigenvalue weighted by atomic mass is 16.1. The lowest BCUT2D eigenvalue weighted by atomic mass is 10.1. The lowest BCUT2D eigenvalue weighted by Gasteiger charge is -2.03. The van der Waals surface area contributed by atoms with Crippen molar-refractivity contribution < 1.29 is 4.79 Å². The van der Waals surface area contributed by atoms with E-state index in [9.17, 15) is 4.79 Å². The molecule has 2 heterocycles. The molecule has 0 aliphatic rings. The number of rotatable bonds is 4. The molecule has 0 bridgehead atoms. The lowest BCUT2D eigenvalue weighted by molar-refractivity contribution is 0.112. The van der Waals surface area contributed by atoms with E-state index in [4.69, 9.17) is 0 Å². The second kappa shape index (κ2) is 4.45. The van der Waals surface area contributed by atoms with Gasteiger partial charge in [-0.05, 0) is 31.2 Å². The molecular weight excluding hydrogens is 202 g/mol. The molecule has 4 nitrogen and oxygen atoms in total. The first-order valence-corrected chi connectivity index (χ1v) is 5.40. The van der Waals surface area contributed by atoms with Crippen LogP contribution < -0.4 is 5.32 Å². The van der Waals surface area contributed by atoms with E-state index in [1.165, 1.54) is 0 Å². The minimum absolute atomic E-state index is 0.731. The molecule has 0 aliphatic heterocycles. The number of nitrogens with zero attached hydrogens (tertiary/aromatic N) is 2. The number of nitrogens with one attached hydrogen (secondary N) is 1. The van der Waals surface area contributed by atoms with Crippen LogP contribution in [-0.2, 0) is 6.54 Å². The maximum absolute atomic E-state index is 11.1. The minimum Gasteiger partial charge on any atom is -0.311 e. The van der Waals surface area contributed by atoms with Gasteiger partial charge < -0.3 is 5.32 Å². The number of hydrogen-bond acceptors (Lipinski definition) is 3. The number of carbonyl (C=O) groups excluding carboxylic acids is 1. The molecular formula is C12H15N3O. The van der Waals surface area contributed by atoms with Crippen molar-refractivity contribution in [2.75, 3.05) is 6.54 Å². The number of fused-ring (bicyclic) bond motifs is 1. The summed E-state index contributed by atoms with van der Waals surface area (Å²) in [6.07, 6.45) is 2.64. The first-order chi connectivity index (χ1) is 7.79. The Bertz CT molecular complexity index is 516. The first-order valence-electron chi connectivity index (χ1n) is 5.40. The van der Waals surface area contributed by atoms with E-state index >= 15 is 0 Å². The molecule has 0 fully saturated rings. The Balaban J connectivity index is 2.62. The zero-order chi connectivity index (χ0) is 11.5. The molecule has 4 heteroatoms. The molecule has 1 N–H and O–H groups in total. The fourth-order valence-electron chi connectivity index (χ4n) is 1.90. The molecule has 0 saturated heterocycles. The predicted molar refractivity (Wildman–Crippen MR) is 62.7 cm³/mol. The molecule has 16 heavy (non-hydrogen) atoms. The van der Waals surface area contributed by atoms with Gasteiger partial charge in [0.15, 0.2) is 6.29 Å². The average molecular weight is 217 g/mol. The number of aromatic nitrogens is 2. The summed E-state index contributed by atoms with van der Waals surface area (Å²) in [5.74, 6) is 0. The van der Waals surface area contributed by atoms with Crippen LogP contribution in [0.2, 0.25) is 0 Å². The molecule has 2 aromatic heterocycles. The van der Waals surface area contributed by atoms with Gasteiger partial charge in [0, 0.05) is 18.3 Å². The summed E-state index contributed by atoms with van der Waals surface area (Å²) in [4.78, 5) is 11.1. The Morgan fingerprint density at radius 3 is 3.06 bits per heavy atom. The van der Waals surface area contributed by atoms with Crippen LogP contribution in [0.1, 0.15) is 28.5 Å². The van der Waals surface area contributed by atoms with Crippen LogP contribution >= 0.6 is 0 Å². The summed E-state index contributed by atoms with van der Waals surface area (Å²) in [5, 5.41) is 7.54. The maximum Gasteiger partial charge on any atom is 0.152 e. The van der Waals surface area contributed by atoms with Crippen LogP contribution in [0.5, 0.6) is 0 Å². The second-order valence-electron chi connectivity index (χ2n) is 3.70. The predicted octanol–water partition coefficient (Wildman–Crippen LogP) is 1.56. The molecule has 0 atom stereocenters. The Kier molecular flexibility index (Phi) is 3.01. The largest absolute Gasteiger partial charge is 0.311 e. The van der Waals surface area contributed by atoms with E-state index in [0.717, 1.165) is 41.7 Å². The van der Waals surface area contributed by atoms with Gasteiger partial charge in [-0.3, -0.25) is 4.79 Å². The molecule has 0 radical (unpaired) electrons. The van der Waals surface area contributed by atoms with Gasteiger partial charge in [0.25, 0.3) is 0 Å². The normalized spacial score (nSPS) is 10.9. The van der Waals surface area contributed by atoms with Gasteiger partial charge in [-0.15, -0.1) is 0 Å². The SMILES string of the molecule is CCNCc1c(C)c(C=O)c2cccnn12. The third-order valence-electron chi connectivity index (χ3n) is 2.78. The smallest absolute Gasteiger partial charge is 0.152 e. The van der Waals surface area contributed by atoms with Crippen LogP contribution in [0.15, 0.2) is 18.3 Å². The summed E-state index contributed by atoms with van der Waals surface area (Å²) >= 11 is 0. The van der Waals surface area contributed by atoms with Gasteiger partial charge in [-0.25, -0.2) is 4.52 Å². The van der Waals surface area contributed by atoms with E-state index in [1.54, 1.807) is 6.20 Å². The highest BCUT2D eigenvalue weighted by Crippen LogP contribution is 2.20. The Morgan fingerprint density at radius 1 is 1.56 bits per heavy atom. The van der Waals surface area contributed by atoms with Crippen molar-refractivity contribution in [2.24, 2.45) is 0 Å². The molecule has 0 amide bonds. The topological polar surface area (TPSA) is 46.4 Å². The summed E-state index contributed by atoms with van der Waals surface area (Å²) in [6.45, 7) is 5.65. The third kappa shape index (κ3) is 1.61. The van der Waals surface area contributed by atoms with Crippen molar-refractivity contribution in [3.05, 3.63) is 35.2 Å². The fraction of sp³-hybridized carbons (Fsp3) is 0.333. The zero-order valence-electron chi connectivity index (χ0n) is 9.53. The molecule has 0 saturated carbocycles. The van der Waals surface area contributed by atoms with Gasteiger partial charge in [0.1, 0.15) is 0 Å². The number of hydrogen-bond donors (Lipinski definition) is 1. The van der Waals surface area contributed by atoms with E-state index in [1.807, 2.05) is 23.6 Å². The summed E-state index contributed by atoms with van der Waals surface area (Å²) in [7, 11) is 0. The first kappa shape index (κ1) is 10.8. The number of carbonyl (C=O) groups is 1. The van der Waals surface area contributed by atoms with E-state index in [0.29, 0.717) is 0 Å². The van der Waals surface area contributed by atoms with Crippen molar-refractivity contribution in [3.8, 4) is 0 Å². The summed E-state index contributed by atoms with van der Waals surface area (Å²) in [6, 6.07) is 3.76. The highest BCUT2D eigenvalue weighted by molar-refractivity contribution is 5.89. The van der Waals surface area contributed by atoms with Crippen LogP contribution in [-0.4, -0.2) is 22.4 Å². The molecule has 2 rings (SSSR count). The van der Waals surface area contributed by atoms with Gasteiger partial charge in [-0.2, -0.15) is 5.10 Å². The van der Waals surface area contributed by atoms with Gasteiger partial charge in [0.2, 0.25) is 0 Å². The average Bonchev–Trinajstić information content (AvgIpc) is 2.58. The molecule has 0 spiro atoms. The van der Waals surface area contributed by atoms with Crippen LogP contribution in [0, 0.1) is 6.92 Å². The van der Waals surface area contributed by atoms with Crippen molar-refractivity contribution in [1.82, 2.24) is 14.9 Å². The quantitative estimate of drug-likeness (QED) is 0.791. The van der Waals surface area contributed by atoms with Crippen LogP contribution in [0.3, 0.4) is 0 Å². The molecule has 0 aliphatic carbocycles. The zero-order valence-corrected chi connectivity index (χ0v) is 9.53. The summed E-state index contributed by atoms with van der Waals surface area (Å²) < 4.78 is 1.84. The van der Waals surface area contributed by atoms with Crippen molar-refractivity contribution in [3.63, 3.8) is 0 Å². The third-order valence-corrected chi connectivity index (χ3v) is 2.78. The second-order valence-corrected chi connectivity index (χ2v) is 3.70. The maximum atomic E-state index is 11.1. The van der Waals surface area contributed by atoms with Crippen LogP contribution in [0.25, 0.3) is 5.52 Å². The van der Waals surface area contributed by atoms with E-state index in [-0.39, 0.29) is 0 Å². The highest BCUT2D eigenvalue weighted by Gasteiger charge is 2.13. The summed E-state index contributed by atoms with van der Waals surface area (Å²) in [5.41, 5.74) is 3.68. The fourth-order valence-corrected chi connectivity index (χ4v) is 1.90. The Labute approximate surface area is 94.3 Å². The van der Waals surface area contributed by atoms with Crippen molar-refractivity contribution in [1.29, 1.82) is 0 Å². The monoisotopic (exact) mass is 217 g/mol. The number of aldehydes is 1. The lowest BCUT2D eigenvalue weighted by Crippen LogP contribution is -2.14. The van der Waals surface area contributed by atoms with E-state index < -0.39 is 0 Å². The van der Waals surface area contributed by atoms with Gasteiger partial charge >= 0.3 is 0 Å². The van der Waals surface area contributed by atoms with Gasteiger partial charge in [-0.1, -0.05) is 6.92 Å². The van der Waals surface area contributed by atoms with E-state index in [2.05, 4.69) is 17.3 Å². The molecule has 2 aromatic rings. The van der Waals surface area contributed by atoms with Crippen molar-refractivity contribution >= 4 is 11.8 Å². The van der Waals surface area contributed by atoms with Gasteiger partial charge in [0.05, 0.1) is 11.2 Å².